The van der Waals surface area contributed by atoms with E-state index < -0.39 is 43.4 Å². The second-order valence-electron chi connectivity index (χ2n) is 7.25. The van der Waals surface area contributed by atoms with Crippen molar-refractivity contribution < 1.29 is 49.2 Å². The SMILES string of the molecule is COc1ccc(OC(COc2ccc(O)cc2)CO[C@H]2O[C@H](CO)[C@@H](O)[C@H](O)[C@@H]2O)cc1. The van der Waals surface area contributed by atoms with Crippen molar-refractivity contribution in [3.8, 4) is 23.0 Å². The number of methoxy groups -OCH3 is 1. The summed E-state index contributed by atoms with van der Waals surface area (Å²) >= 11 is 0. The summed E-state index contributed by atoms with van der Waals surface area (Å²) in [5, 5.41) is 48.7. The van der Waals surface area contributed by atoms with Gasteiger partial charge in [-0.05, 0) is 48.5 Å². The molecule has 2 aromatic carbocycles. The number of rotatable bonds is 10. The van der Waals surface area contributed by atoms with Crippen molar-refractivity contribution in [3.63, 3.8) is 0 Å². The lowest BCUT2D eigenvalue weighted by atomic mass is 9.99. The van der Waals surface area contributed by atoms with Crippen molar-refractivity contribution in [2.45, 2.75) is 36.8 Å². The molecule has 32 heavy (non-hydrogen) atoms. The molecule has 0 bridgehead atoms. The Balaban J connectivity index is 1.65. The van der Waals surface area contributed by atoms with Crippen LogP contribution in [0.1, 0.15) is 0 Å². The third-order valence-electron chi connectivity index (χ3n) is 4.93. The van der Waals surface area contributed by atoms with Crippen LogP contribution in [0.2, 0.25) is 0 Å². The van der Waals surface area contributed by atoms with Crippen LogP contribution in [-0.2, 0) is 9.47 Å². The molecule has 0 saturated carbocycles. The summed E-state index contributed by atoms with van der Waals surface area (Å²) in [6, 6.07) is 13.0. The minimum absolute atomic E-state index is 0.0498. The Morgan fingerprint density at radius 2 is 1.47 bits per heavy atom. The van der Waals surface area contributed by atoms with Gasteiger partial charge in [0.05, 0.1) is 20.3 Å². The van der Waals surface area contributed by atoms with Crippen LogP contribution in [-0.4, -0.2) is 89.3 Å². The third-order valence-corrected chi connectivity index (χ3v) is 4.93. The van der Waals surface area contributed by atoms with Crippen molar-refractivity contribution in [1.82, 2.24) is 0 Å². The van der Waals surface area contributed by atoms with E-state index in [0.29, 0.717) is 17.2 Å². The fraction of sp³-hybridized carbons (Fsp3) is 0.455. The van der Waals surface area contributed by atoms with Crippen molar-refractivity contribution >= 4 is 0 Å². The number of phenols is 1. The molecule has 0 amide bonds. The lowest BCUT2D eigenvalue weighted by Crippen LogP contribution is -2.59. The topological polar surface area (TPSA) is 147 Å². The molecule has 1 heterocycles. The summed E-state index contributed by atoms with van der Waals surface area (Å²) in [6.45, 7) is -0.610. The van der Waals surface area contributed by atoms with Crippen molar-refractivity contribution in [1.29, 1.82) is 0 Å². The van der Waals surface area contributed by atoms with Gasteiger partial charge < -0.3 is 49.2 Å². The Labute approximate surface area is 185 Å². The normalized spacial score (nSPS) is 26.3. The van der Waals surface area contributed by atoms with Gasteiger partial charge in [-0.3, -0.25) is 0 Å². The Kier molecular flexibility index (Phi) is 8.51. The smallest absolute Gasteiger partial charge is 0.186 e. The van der Waals surface area contributed by atoms with E-state index >= 15 is 0 Å². The molecule has 0 spiro atoms. The number of phenolic OH excluding ortho intramolecular Hbond substituents is 1. The van der Waals surface area contributed by atoms with E-state index in [4.69, 9.17) is 23.7 Å². The zero-order chi connectivity index (χ0) is 23.1. The molecule has 6 atom stereocenters. The third kappa shape index (κ3) is 6.22. The Hall–Kier alpha value is -2.60. The Morgan fingerprint density at radius 1 is 0.844 bits per heavy atom. The second-order valence-corrected chi connectivity index (χ2v) is 7.25. The van der Waals surface area contributed by atoms with E-state index in [1.807, 2.05) is 0 Å². The number of hydrogen-bond donors (Lipinski definition) is 5. The Bertz CT molecular complexity index is 810. The first-order valence-electron chi connectivity index (χ1n) is 10.1. The standard InChI is InChI=1S/C22H28O10/c1-28-14-6-8-16(9-7-14)31-17(11-29-15-4-2-13(24)3-5-15)12-30-22-21(27)20(26)19(25)18(10-23)32-22/h2-9,17-27H,10-12H2,1H3/t17?,18-,19-,20+,21+,22+/m1/s1. The van der Waals surface area contributed by atoms with E-state index in [-0.39, 0.29) is 19.0 Å². The molecule has 10 nitrogen and oxygen atoms in total. The van der Waals surface area contributed by atoms with Gasteiger partial charge in [-0.1, -0.05) is 0 Å². The maximum atomic E-state index is 10.2. The van der Waals surface area contributed by atoms with E-state index in [1.165, 1.54) is 12.1 Å². The number of aliphatic hydroxyl groups is 4. The van der Waals surface area contributed by atoms with Crippen LogP contribution in [0.15, 0.2) is 48.5 Å². The molecule has 3 rings (SSSR count). The maximum Gasteiger partial charge on any atom is 0.186 e. The van der Waals surface area contributed by atoms with Gasteiger partial charge in [0, 0.05) is 0 Å². The molecule has 0 aliphatic carbocycles. The van der Waals surface area contributed by atoms with Crippen LogP contribution < -0.4 is 14.2 Å². The van der Waals surface area contributed by atoms with E-state index in [2.05, 4.69) is 0 Å². The molecule has 1 unspecified atom stereocenters. The fourth-order valence-corrected chi connectivity index (χ4v) is 3.10. The molecule has 1 aliphatic rings. The van der Waals surface area contributed by atoms with Crippen LogP contribution in [0, 0.1) is 0 Å². The summed E-state index contributed by atoms with van der Waals surface area (Å²) in [4.78, 5) is 0. The van der Waals surface area contributed by atoms with Crippen LogP contribution in [0.4, 0.5) is 0 Å². The average Bonchev–Trinajstić information content (AvgIpc) is 2.81. The summed E-state index contributed by atoms with van der Waals surface area (Å²) in [6.07, 6.45) is -7.56. The molecule has 1 aliphatic heterocycles. The number of benzene rings is 2. The maximum absolute atomic E-state index is 10.2. The summed E-state index contributed by atoms with van der Waals surface area (Å²) < 4.78 is 27.8. The minimum Gasteiger partial charge on any atom is -0.508 e. The van der Waals surface area contributed by atoms with E-state index in [9.17, 15) is 25.5 Å². The van der Waals surface area contributed by atoms with Gasteiger partial charge >= 0.3 is 0 Å². The summed E-state index contributed by atoms with van der Waals surface area (Å²) in [7, 11) is 1.55. The lowest BCUT2D eigenvalue weighted by Gasteiger charge is -2.39. The van der Waals surface area contributed by atoms with E-state index in [1.54, 1.807) is 43.5 Å². The van der Waals surface area contributed by atoms with Gasteiger partial charge in [0.15, 0.2) is 12.4 Å². The zero-order valence-corrected chi connectivity index (χ0v) is 17.5. The molecule has 2 aromatic rings. The largest absolute Gasteiger partial charge is 0.508 e. The predicted octanol–water partition coefficient (Wildman–Crippen LogP) is 0.0437. The molecular weight excluding hydrogens is 424 g/mol. The summed E-state index contributed by atoms with van der Waals surface area (Å²) in [5.74, 6) is 1.78. The highest BCUT2D eigenvalue weighted by Gasteiger charge is 2.44. The second kappa shape index (κ2) is 11.3. The quantitative estimate of drug-likeness (QED) is 0.335. The first kappa shape index (κ1) is 24.1. The molecule has 10 heteroatoms. The van der Waals surface area contributed by atoms with Crippen LogP contribution in [0.5, 0.6) is 23.0 Å². The number of aromatic hydroxyl groups is 1. The van der Waals surface area contributed by atoms with Crippen molar-refractivity contribution in [2.24, 2.45) is 0 Å². The van der Waals surface area contributed by atoms with Gasteiger partial charge in [-0.25, -0.2) is 0 Å². The van der Waals surface area contributed by atoms with Crippen LogP contribution in [0.25, 0.3) is 0 Å². The average molecular weight is 452 g/mol. The highest BCUT2D eigenvalue weighted by atomic mass is 16.7. The molecule has 1 saturated heterocycles. The first-order chi connectivity index (χ1) is 15.4. The Morgan fingerprint density at radius 3 is 2.09 bits per heavy atom. The van der Waals surface area contributed by atoms with Gasteiger partial charge in [0.25, 0.3) is 0 Å². The van der Waals surface area contributed by atoms with E-state index in [0.717, 1.165) is 0 Å². The lowest BCUT2D eigenvalue weighted by molar-refractivity contribution is -0.304. The highest BCUT2D eigenvalue weighted by molar-refractivity contribution is 5.32. The molecule has 1 fully saturated rings. The number of aliphatic hydroxyl groups excluding tert-OH is 4. The molecule has 176 valence electrons. The molecule has 0 radical (unpaired) electrons. The monoisotopic (exact) mass is 452 g/mol. The van der Waals surface area contributed by atoms with Gasteiger partial charge in [0.2, 0.25) is 0 Å². The molecule has 0 aromatic heterocycles. The number of ether oxygens (including phenoxy) is 5. The predicted molar refractivity (Wildman–Crippen MR) is 111 cm³/mol. The van der Waals surface area contributed by atoms with Crippen molar-refractivity contribution in [2.75, 3.05) is 26.9 Å². The number of hydrogen-bond acceptors (Lipinski definition) is 10. The van der Waals surface area contributed by atoms with Gasteiger partial charge in [0.1, 0.15) is 54.0 Å². The van der Waals surface area contributed by atoms with Crippen LogP contribution >= 0.6 is 0 Å². The molecular formula is C22H28O10. The fourth-order valence-electron chi connectivity index (χ4n) is 3.10. The van der Waals surface area contributed by atoms with Crippen LogP contribution in [0.3, 0.4) is 0 Å². The minimum atomic E-state index is -1.54. The first-order valence-corrected chi connectivity index (χ1v) is 10.1. The summed E-state index contributed by atoms with van der Waals surface area (Å²) in [5.41, 5.74) is 0. The van der Waals surface area contributed by atoms with Gasteiger partial charge in [-0.15, -0.1) is 0 Å². The molecule has 5 N–H and O–H groups in total. The zero-order valence-electron chi connectivity index (χ0n) is 17.5. The highest BCUT2D eigenvalue weighted by Crippen LogP contribution is 2.24. The van der Waals surface area contributed by atoms with Crippen molar-refractivity contribution in [3.05, 3.63) is 48.5 Å². The van der Waals surface area contributed by atoms with Gasteiger partial charge in [-0.2, -0.15) is 0 Å².